The molecule has 0 bridgehead atoms. The Labute approximate surface area is 120 Å². The predicted octanol–water partition coefficient (Wildman–Crippen LogP) is 1.76. The first-order valence-electron chi connectivity index (χ1n) is 6.51. The van der Waals surface area contributed by atoms with E-state index in [2.05, 4.69) is 9.97 Å². The first kappa shape index (κ1) is 13.7. The van der Waals surface area contributed by atoms with Crippen molar-refractivity contribution in [2.75, 3.05) is 20.8 Å². The van der Waals surface area contributed by atoms with Gasteiger partial charge in [-0.15, -0.1) is 0 Å². The topological polar surface area (TPSA) is 87.6 Å². The van der Waals surface area contributed by atoms with Gasteiger partial charge in [0, 0.05) is 5.39 Å². The Morgan fingerprint density at radius 2 is 1.95 bits per heavy atom. The van der Waals surface area contributed by atoms with Gasteiger partial charge in [-0.1, -0.05) is 12.1 Å². The quantitative estimate of drug-likeness (QED) is 0.681. The number of aliphatic hydroxyl groups is 2. The molecule has 0 unspecified atom stereocenters. The number of rotatable bonds is 4. The molecular formula is C15H16N2O4. The van der Waals surface area contributed by atoms with Crippen molar-refractivity contribution in [3.05, 3.63) is 30.1 Å². The fraction of sp³-hybridized carbons (Fsp3) is 0.267. The van der Waals surface area contributed by atoms with Gasteiger partial charge >= 0.3 is 0 Å². The number of nitrogens with zero attached hydrogens (tertiary/aromatic N) is 1. The number of H-pyrrole nitrogens is 1. The first-order valence-corrected chi connectivity index (χ1v) is 6.51. The van der Waals surface area contributed by atoms with Gasteiger partial charge in [0.1, 0.15) is 17.6 Å². The highest BCUT2D eigenvalue weighted by molar-refractivity contribution is 6.12. The molecule has 2 heterocycles. The number of para-hydroxylation sites is 1. The molecule has 0 radical (unpaired) electrons. The largest absolute Gasteiger partial charge is 0.495 e. The number of methoxy groups -OCH3 is 2. The van der Waals surface area contributed by atoms with Crippen LogP contribution in [0.4, 0.5) is 0 Å². The van der Waals surface area contributed by atoms with Crippen molar-refractivity contribution < 1.29 is 19.7 Å². The number of aliphatic hydroxyl groups excluding tert-OH is 2. The number of aromatic nitrogens is 2. The second kappa shape index (κ2) is 5.23. The number of pyridine rings is 1. The second-order valence-electron chi connectivity index (χ2n) is 4.67. The zero-order chi connectivity index (χ0) is 15.0. The molecule has 6 nitrogen and oxygen atoms in total. The molecule has 0 saturated heterocycles. The maximum absolute atomic E-state index is 9.94. The minimum atomic E-state index is -1.06. The first-order chi connectivity index (χ1) is 10.2. The molecule has 0 aliphatic carbocycles. The van der Waals surface area contributed by atoms with Crippen LogP contribution in [0, 0.1) is 0 Å². The van der Waals surface area contributed by atoms with Crippen LogP contribution in [0.15, 0.2) is 24.4 Å². The third-order valence-corrected chi connectivity index (χ3v) is 3.55. The van der Waals surface area contributed by atoms with Gasteiger partial charge in [0.2, 0.25) is 0 Å². The van der Waals surface area contributed by atoms with Crippen LogP contribution in [-0.4, -0.2) is 41.0 Å². The molecule has 0 fully saturated rings. The SMILES string of the molecule is COc1cccc2c1[nH]c1c([C@@H](O)CO)ncc(OC)c12. The third-order valence-electron chi connectivity index (χ3n) is 3.55. The monoisotopic (exact) mass is 288 g/mol. The number of nitrogens with one attached hydrogen (secondary N) is 1. The van der Waals surface area contributed by atoms with E-state index in [-0.39, 0.29) is 0 Å². The highest BCUT2D eigenvalue weighted by Gasteiger charge is 2.20. The van der Waals surface area contributed by atoms with E-state index in [1.807, 2.05) is 18.2 Å². The smallest absolute Gasteiger partial charge is 0.147 e. The average molecular weight is 288 g/mol. The molecule has 1 aromatic carbocycles. The number of benzene rings is 1. The Kier molecular flexibility index (Phi) is 3.40. The van der Waals surface area contributed by atoms with E-state index in [9.17, 15) is 10.2 Å². The minimum Gasteiger partial charge on any atom is -0.495 e. The highest BCUT2D eigenvalue weighted by Crippen LogP contribution is 2.38. The Morgan fingerprint density at radius 3 is 2.62 bits per heavy atom. The third kappa shape index (κ3) is 2.00. The van der Waals surface area contributed by atoms with Gasteiger partial charge in [-0.25, -0.2) is 0 Å². The second-order valence-corrected chi connectivity index (χ2v) is 4.67. The lowest BCUT2D eigenvalue weighted by Crippen LogP contribution is -2.06. The summed E-state index contributed by atoms with van der Waals surface area (Å²) in [7, 11) is 3.16. The Hall–Kier alpha value is -2.31. The fourth-order valence-corrected chi connectivity index (χ4v) is 2.56. The van der Waals surface area contributed by atoms with Gasteiger partial charge in [-0.2, -0.15) is 0 Å². The normalized spacial score (nSPS) is 12.8. The number of hydrogen-bond acceptors (Lipinski definition) is 5. The van der Waals surface area contributed by atoms with Gasteiger partial charge in [-0.3, -0.25) is 4.98 Å². The molecule has 2 aromatic heterocycles. The number of ether oxygens (including phenoxy) is 2. The van der Waals surface area contributed by atoms with Gasteiger partial charge in [0.15, 0.2) is 0 Å². The minimum absolute atomic E-state index is 0.381. The summed E-state index contributed by atoms with van der Waals surface area (Å²) in [5.74, 6) is 1.29. The Bertz CT molecular complexity index is 797. The van der Waals surface area contributed by atoms with Crippen molar-refractivity contribution in [2.24, 2.45) is 0 Å². The van der Waals surface area contributed by atoms with E-state index >= 15 is 0 Å². The Morgan fingerprint density at radius 1 is 1.19 bits per heavy atom. The fourth-order valence-electron chi connectivity index (χ4n) is 2.56. The number of fused-ring (bicyclic) bond motifs is 3. The van der Waals surface area contributed by atoms with Crippen molar-refractivity contribution in [3.8, 4) is 11.5 Å². The predicted molar refractivity (Wildman–Crippen MR) is 78.7 cm³/mol. The molecule has 3 rings (SSSR count). The molecule has 3 N–H and O–H groups in total. The van der Waals surface area contributed by atoms with Crippen LogP contribution in [0.3, 0.4) is 0 Å². The van der Waals surface area contributed by atoms with E-state index in [1.165, 1.54) is 0 Å². The van der Waals surface area contributed by atoms with Crippen molar-refractivity contribution in [2.45, 2.75) is 6.10 Å². The van der Waals surface area contributed by atoms with Crippen molar-refractivity contribution in [1.29, 1.82) is 0 Å². The molecular weight excluding hydrogens is 272 g/mol. The van der Waals surface area contributed by atoms with E-state index in [0.717, 1.165) is 16.3 Å². The zero-order valence-corrected chi connectivity index (χ0v) is 11.8. The Balaban J connectivity index is 2.45. The summed E-state index contributed by atoms with van der Waals surface area (Å²) in [4.78, 5) is 7.41. The van der Waals surface area contributed by atoms with Gasteiger partial charge in [-0.05, 0) is 6.07 Å². The summed E-state index contributed by atoms with van der Waals surface area (Å²) in [6.45, 7) is -0.402. The van der Waals surface area contributed by atoms with Crippen LogP contribution in [-0.2, 0) is 0 Å². The van der Waals surface area contributed by atoms with E-state index < -0.39 is 12.7 Å². The lowest BCUT2D eigenvalue weighted by molar-refractivity contribution is 0.0933. The maximum Gasteiger partial charge on any atom is 0.147 e. The van der Waals surface area contributed by atoms with Crippen LogP contribution in [0.2, 0.25) is 0 Å². The van der Waals surface area contributed by atoms with Crippen molar-refractivity contribution >= 4 is 21.8 Å². The van der Waals surface area contributed by atoms with Crippen LogP contribution < -0.4 is 9.47 Å². The molecule has 0 aliphatic heterocycles. The maximum atomic E-state index is 9.94. The number of hydrogen-bond donors (Lipinski definition) is 3. The summed E-state index contributed by atoms with van der Waals surface area (Å²) in [6, 6.07) is 5.67. The lowest BCUT2D eigenvalue weighted by Gasteiger charge is -2.09. The summed E-state index contributed by atoms with van der Waals surface area (Å²) in [5.41, 5.74) is 1.81. The molecule has 110 valence electrons. The molecule has 3 aromatic rings. The summed E-state index contributed by atoms with van der Waals surface area (Å²) in [6.07, 6.45) is 0.487. The van der Waals surface area contributed by atoms with Crippen LogP contribution in [0.5, 0.6) is 11.5 Å². The summed E-state index contributed by atoms with van der Waals surface area (Å²) >= 11 is 0. The molecule has 21 heavy (non-hydrogen) atoms. The lowest BCUT2D eigenvalue weighted by atomic mass is 10.1. The standard InChI is InChI=1S/C15H16N2O4/c1-20-10-5-3-4-8-12-11(21-2)6-16-14(9(19)7-18)15(12)17-13(8)10/h3-6,9,17-19H,7H2,1-2H3/t9-/m0/s1. The molecule has 0 amide bonds. The van der Waals surface area contributed by atoms with Crippen LogP contribution >= 0.6 is 0 Å². The number of aromatic amines is 1. The summed E-state index contributed by atoms with van der Waals surface area (Å²) < 4.78 is 10.7. The molecule has 1 atom stereocenters. The van der Waals surface area contributed by atoms with E-state index in [1.54, 1.807) is 20.4 Å². The van der Waals surface area contributed by atoms with Crippen molar-refractivity contribution in [3.63, 3.8) is 0 Å². The van der Waals surface area contributed by atoms with Gasteiger partial charge < -0.3 is 24.7 Å². The average Bonchev–Trinajstić information content (AvgIpc) is 2.92. The van der Waals surface area contributed by atoms with Crippen LogP contribution in [0.25, 0.3) is 21.8 Å². The summed E-state index contributed by atoms with van der Waals surface area (Å²) in [5, 5.41) is 20.8. The van der Waals surface area contributed by atoms with E-state index in [4.69, 9.17) is 9.47 Å². The highest BCUT2D eigenvalue weighted by atomic mass is 16.5. The zero-order valence-electron chi connectivity index (χ0n) is 11.8. The molecule has 0 spiro atoms. The van der Waals surface area contributed by atoms with Gasteiger partial charge in [0.05, 0.1) is 49.1 Å². The van der Waals surface area contributed by atoms with E-state index in [0.29, 0.717) is 22.7 Å². The molecule has 6 heteroatoms. The van der Waals surface area contributed by atoms with Gasteiger partial charge in [0.25, 0.3) is 0 Å². The molecule has 0 aliphatic rings. The van der Waals surface area contributed by atoms with Crippen molar-refractivity contribution in [1.82, 2.24) is 9.97 Å². The van der Waals surface area contributed by atoms with Crippen LogP contribution in [0.1, 0.15) is 11.8 Å². The molecule has 0 saturated carbocycles.